The van der Waals surface area contributed by atoms with Crippen molar-refractivity contribution >= 4 is 29.3 Å². The van der Waals surface area contributed by atoms with E-state index < -0.39 is 0 Å². The van der Waals surface area contributed by atoms with E-state index in [1.165, 1.54) is 17.3 Å². The minimum absolute atomic E-state index is 0.0118. The third-order valence-electron chi connectivity index (χ3n) is 4.71. The number of thioether (sulfide) groups is 1. The third kappa shape index (κ3) is 5.35. The molecule has 29 heavy (non-hydrogen) atoms. The van der Waals surface area contributed by atoms with E-state index in [2.05, 4.69) is 50.0 Å². The first-order valence-corrected chi connectivity index (χ1v) is 10.8. The van der Waals surface area contributed by atoms with Crippen molar-refractivity contribution < 1.29 is 4.79 Å². The minimum atomic E-state index is -0.0118. The number of carbonyl (C=O) groups excluding carboxylic acids is 1. The number of nitrogens with zero attached hydrogens (tertiary/aromatic N) is 5. The van der Waals surface area contributed by atoms with Crippen LogP contribution in [-0.4, -0.2) is 55.9 Å². The molecule has 1 saturated heterocycles. The average molecular weight is 429 g/mol. The van der Waals surface area contributed by atoms with Crippen LogP contribution in [0.4, 0.5) is 0 Å². The molecule has 1 aliphatic heterocycles. The predicted molar refractivity (Wildman–Crippen MR) is 113 cm³/mol. The van der Waals surface area contributed by atoms with Crippen LogP contribution >= 0.6 is 23.4 Å². The summed E-state index contributed by atoms with van der Waals surface area (Å²) in [6.45, 7) is 2.77. The lowest BCUT2D eigenvalue weighted by molar-refractivity contribution is -0.119. The zero-order valence-corrected chi connectivity index (χ0v) is 17.3. The molecule has 2 heterocycles. The molecule has 1 fully saturated rings. The number of nitrogens with one attached hydrogen (secondary N) is 1. The highest BCUT2D eigenvalue weighted by Crippen LogP contribution is 2.20. The summed E-state index contributed by atoms with van der Waals surface area (Å²) < 4.78 is 1.58. The summed E-state index contributed by atoms with van der Waals surface area (Å²) in [5, 5.41) is 16.0. The van der Waals surface area contributed by atoms with Crippen LogP contribution in [0.5, 0.6) is 0 Å². The Labute approximate surface area is 178 Å². The second-order valence-electron chi connectivity index (χ2n) is 6.92. The van der Waals surface area contributed by atoms with Crippen molar-refractivity contribution in [3.8, 4) is 5.69 Å². The highest BCUT2D eigenvalue weighted by atomic mass is 35.5. The van der Waals surface area contributed by atoms with E-state index in [1.54, 1.807) is 16.8 Å². The second-order valence-corrected chi connectivity index (χ2v) is 8.29. The number of tetrazole rings is 1. The summed E-state index contributed by atoms with van der Waals surface area (Å²) in [4.78, 5) is 14.8. The number of likely N-dealkylation sites (tertiary alicyclic amines) is 1. The largest absolute Gasteiger partial charge is 0.351 e. The minimum Gasteiger partial charge on any atom is -0.351 e. The summed E-state index contributed by atoms with van der Waals surface area (Å²) in [5.74, 6) is 0.248. The molecule has 9 heteroatoms. The van der Waals surface area contributed by atoms with Crippen molar-refractivity contribution in [1.29, 1.82) is 0 Å². The Morgan fingerprint density at radius 1 is 1.21 bits per heavy atom. The van der Waals surface area contributed by atoms with Crippen molar-refractivity contribution in [2.24, 2.45) is 0 Å². The third-order valence-corrected chi connectivity index (χ3v) is 5.87. The van der Waals surface area contributed by atoms with E-state index >= 15 is 0 Å². The van der Waals surface area contributed by atoms with Crippen LogP contribution in [0.2, 0.25) is 5.02 Å². The van der Waals surface area contributed by atoms with E-state index in [-0.39, 0.29) is 17.7 Å². The van der Waals surface area contributed by atoms with Crippen molar-refractivity contribution in [1.82, 2.24) is 30.4 Å². The van der Waals surface area contributed by atoms with E-state index in [0.717, 1.165) is 31.7 Å². The van der Waals surface area contributed by atoms with Crippen LogP contribution in [0.25, 0.3) is 5.69 Å². The topological polar surface area (TPSA) is 75.9 Å². The van der Waals surface area contributed by atoms with E-state index in [0.29, 0.717) is 10.2 Å². The van der Waals surface area contributed by atoms with Gasteiger partial charge in [0.05, 0.1) is 11.4 Å². The first-order valence-electron chi connectivity index (χ1n) is 9.40. The van der Waals surface area contributed by atoms with Gasteiger partial charge in [-0.25, -0.2) is 0 Å². The van der Waals surface area contributed by atoms with Crippen LogP contribution in [-0.2, 0) is 11.3 Å². The number of hydrogen-bond donors (Lipinski definition) is 1. The molecule has 150 valence electrons. The Morgan fingerprint density at radius 3 is 2.90 bits per heavy atom. The molecule has 1 amide bonds. The first-order chi connectivity index (χ1) is 14.2. The molecule has 0 aliphatic carbocycles. The van der Waals surface area contributed by atoms with Crippen molar-refractivity contribution in [3.05, 3.63) is 65.2 Å². The van der Waals surface area contributed by atoms with Crippen LogP contribution in [0.3, 0.4) is 0 Å². The maximum Gasteiger partial charge on any atom is 0.230 e. The standard InChI is InChI=1S/C20H21ClN6OS/c21-16-7-4-8-18(11-16)27-20(23-24-25-27)29-14-19(28)22-17-9-10-26(13-17)12-15-5-2-1-3-6-15/h1-8,11,17H,9-10,12-14H2,(H,22,28)/t17-/m0/s1. The van der Waals surface area contributed by atoms with Crippen LogP contribution in [0.15, 0.2) is 59.8 Å². The Balaban J connectivity index is 1.27. The molecule has 1 aliphatic rings. The monoisotopic (exact) mass is 428 g/mol. The Kier molecular flexibility index (Phi) is 6.43. The normalized spacial score (nSPS) is 16.8. The lowest BCUT2D eigenvalue weighted by Crippen LogP contribution is -2.38. The summed E-state index contributed by atoms with van der Waals surface area (Å²) in [5.41, 5.74) is 2.06. The fraction of sp³-hybridized carbons (Fsp3) is 0.300. The van der Waals surface area contributed by atoms with Crippen LogP contribution in [0.1, 0.15) is 12.0 Å². The van der Waals surface area contributed by atoms with Gasteiger partial charge in [0.25, 0.3) is 0 Å². The Bertz CT molecular complexity index is 966. The maximum atomic E-state index is 12.4. The van der Waals surface area contributed by atoms with E-state index in [9.17, 15) is 4.79 Å². The molecule has 1 N–H and O–H groups in total. The molecule has 0 spiro atoms. The molecule has 0 bridgehead atoms. The predicted octanol–water partition coefficient (Wildman–Crippen LogP) is 2.80. The van der Waals surface area contributed by atoms with Crippen molar-refractivity contribution in [3.63, 3.8) is 0 Å². The van der Waals surface area contributed by atoms with E-state index in [1.807, 2.05) is 18.2 Å². The molecule has 4 rings (SSSR count). The molecule has 0 unspecified atom stereocenters. The van der Waals surface area contributed by atoms with Crippen molar-refractivity contribution in [2.45, 2.75) is 24.2 Å². The summed E-state index contributed by atoms with van der Waals surface area (Å²) in [7, 11) is 0. The SMILES string of the molecule is O=C(CSc1nnnn1-c1cccc(Cl)c1)N[C@H]1CCN(Cc2ccccc2)C1. The first kappa shape index (κ1) is 19.9. The highest BCUT2D eigenvalue weighted by molar-refractivity contribution is 7.99. The van der Waals surface area contributed by atoms with E-state index in [4.69, 9.17) is 11.6 Å². The van der Waals surface area contributed by atoms with Crippen LogP contribution < -0.4 is 5.32 Å². The molecular weight excluding hydrogens is 408 g/mol. The number of hydrogen-bond acceptors (Lipinski definition) is 6. The number of amides is 1. The lowest BCUT2D eigenvalue weighted by Gasteiger charge is -2.16. The summed E-state index contributed by atoms with van der Waals surface area (Å²) in [6, 6.07) is 17.8. The lowest BCUT2D eigenvalue weighted by atomic mass is 10.2. The summed E-state index contributed by atoms with van der Waals surface area (Å²) in [6.07, 6.45) is 0.962. The molecule has 1 aromatic heterocycles. The second kappa shape index (κ2) is 9.39. The van der Waals surface area contributed by atoms with Gasteiger partial charge < -0.3 is 5.32 Å². The zero-order chi connectivity index (χ0) is 20.1. The number of rotatable bonds is 7. The molecule has 2 aromatic carbocycles. The Morgan fingerprint density at radius 2 is 2.07 bits per heavy atom. The quantitative estimate of drug-likeness (QED) is 0.583. The van der Waals surface area contributed by atoms with Gasteiger partial charge in [-0.3, -0.25) is 9.69 Å². The average Bonchev–Trinajstić information content (AvgIpc) is 3.36. The van der Waals surface area contributed by atoms with Gasteiger partial charge in [-0.2, -0.15) is 4.68 Å². The maximum absolute atomic E-state index is 12.4. The molecule has 0 radical (unpaired) electrons. The number of halogens is 1. The van der Waals surface area contributed by atoms with Gasteiger partial charge in [0, 0.05) is 30.7 Å². The van der Waals surface area contributed by atoms with Gasteiger partial charge in [0.1, 0.15) is 0 Å². The fourth-order valence-electron chi connectivity index (χ4n) is 3.37. The summed E-state index contributed by atoms with van der Waals surface area (Å²) >= 11 is 7.35. The number of benzene rings is 2. The van der Waals surface area contributed by atoms with Gasteiger partial charge in [0.15, 0.2) is 0 Å². The number of carbonyl (C=O) groups is 1. The van der Waals surface area contributed by atoms with Gasteiger partial charge in [-0.05, 0) is 40.6 Å². The van der Waals surface area contributed by atoms with Gasteiger partial charge in [0.2, 0.25) is 11.1 Å². The van der Waals surface area contributed by atoms with Gasteiger partial charge >= 0.3 is 0 Å². The molecule has 0 saturated carbocycles. The zero-order valence-electron chi connectivity index (χ0n) is 15.7. The highest BCUT2D eigenvalue weighted by Gasteiger charge is 2.24. The molecule has 3 aromatic rings. The smallest absolute Gasteiger partial charge is 0.230 e. The number of aromatic nitrogens is 4. The van der Waals surface area contributed by atoms with Gasteiger partial charge in [-0.15, -0.1) is 5.10 Å². The van der Waals surface area contributed by atoms with Crippen molar-refractivity contribution in [2.75, 3.05) is 18.8 Å². The fourth-order valence-corrected chi connectivity index (χ4v) is 4.26. The molecule has 7 nitrogen and oxygen atoms in total. The Hall–Kier alpha value is -2.42. The molecular formula is C20H21ClN6OS. The van der Waals surface area contributed by atoms with Gasteiger partial charge in [-0.1, -0.05) is 59.8 Å². The molecule has 1 atom stereocenters. The van der Waals surface area contributed by atoms with Crippen LogP contribution in [0, 0.1) is 0 Å².